The van der Waals surface area contributed by atoms with Crippen molar-refractivity contribution < 1.29 is 10.1 Å². The first-order valence-electron chi connectivity index (χ1n) is 5.81. The third-order valence-corrected chi connectivity index (χ3v) is 2.80. The van der Waals surface area contributed by atoms with E-state index in [-0.39, 0.29) is 5.54 Å². The van der Waals surface area contributed by atoms with Gasteiger partial charge in [0.1, 0.15) is 5.75 Å². The van der Waals surface area contributed by atoms with Crippen LogP contribution in [0.5, 0.6) is 5.75 Å². The zero-order valence-electron chi connectivity index (χ0n) is 10.6. The molecule has 1 aromatic rings. The van der Waals surface area contributed by atoms with Crippen LogP contribution in [-0.4, -0.2) is 18.7 Å². The van der Waals surface area contributed by atoms with Crippen LogP contribution in [-0.2, 0) is 0 Å². The van der Waals surface area contributed by atoms with E-state index in [0.717, 1.165) is 13.0 Å². The van der Waals surface area contributed by atoms with Crippen LogP contribution in [0.15, 0.2) is 18.2 Å². The van der Waals surface area contributed by atoms with Crippen molar-refractivity contribution in [3.05, 3.63) is 28.2 Å². The standard InChI is InChI=1S/C13H19Cl2NO/c1-13(2,3)16-7-4-8-17-12-9-10(14)5-6-11(12)15/h5-6,9,16H,4,7-8H2,1-3H3/p+1. The maximum absolute atomic E-state index is 5.99. The molecule has 0 radical (unpaired) electrons. The van der Waals surface area contributed by atoms with Gasteiger partial charge in [0.25, 0.3) is 0 Å². The molecular formula is C13H20Cl2NO+. The van der Waals surface area contributed by atoms with Gasteiger partial charge in [-0.25, -0.2) is 0 Å². The molecule has 0 aliphatic rings. The molecule has 96 valence electrons. The molecule has 17 heavy (non-hydrogen) atoms. The molecule has 0 bridgehead atoms. The highest BCUT2D eigenvalue weighted by molar-refractivity contribution is 6.34. The number of ether oxygens (including phenoxy) is 1. The zero-order valence-corrected chi connectivity index (χ0v) is 12.1. The third-order valence-electron chi connectivity index (χ3n) is 2.26. The summed E-state index contributed by atoms with van der Waals surface area (Å²) in [7, 11) is 0. The minimum absolute atomic E-state index is 0.272. The molecule has 2 N–H and O–H groups in total. The Bertz CT molecular complexity index is 361. The topological polar surface area (TPSA) is 25.8 Å². The Labute approximate surface area is 113 Å². The van der Waals surface area contributed by atoms with Crippen LogP contribution >= 0.6 is 23.2 Å². The van der Waals surface area contributed by atoms with Crippen LogP contribution in [0.25, 0.3) is 0 Å². The molecule has 0 spiro atoms. The van der Waals surface area contributed by atoms with Crippen LogP contribution in [0.4, 0.5) is 0 Å². The molecule has 0 atom stereocenters. The molecule has 0 amide bonds. The number of benzene rings is 1. The van der Waals surface area contributed by atoms with E-state index < -0.39 is 0 Å². The zero-order chi connectivity index (χ0) is 12.9. The minimum Gasteiger partial charge on any atom is -0.492 e. The van der Waals surface area contributed by atoms with E-state index in [1.165, 1.54) is 0 Å². The summed E-state index contributed by atoms with van der Waals surface area (Å²) in [6, 6.07) is 5.25. The summed E-state index contributed by atoms with van der Waals surface area (Å²) in [6.45, 7) is 8.29. The molecular weight excluding hydrogens is 257 g/mol. The number of quaternary nitrogens is 1. The monoisotopic (exact) mass is 276 g/mol. The van der Waals surface area contributed by atoms with Crippen molar-refractivity contribution in [3.8, 4) is 5.75 Å². The van der Waals surface area contributed by atoms with Crippen LogP contribution in [0.2, 0.25) is 10.0 Å². The van der Waals surface area contributed by atoms with Gasteiger partial charge in [0.05, 0.1) is 23.7 Å². The molecule has 4 heteroatoms. The van der Waals surface area contributed by atoms with Gasteiger partial charge in [-0.05, 0) is 32.9 Å². The first-order valence-corrected chi connectivity index (χ1v) is 6.56. The van der Waals surface area contributed by atoms with Gasteiger partial charge in [0, 0.05) is 17.5 Å². The van der Waals surface area contributed by atoms with Gasteiger partial charge >= 0.3 is 0 Å². The second-order valence-electron chi connectivity index (χ2n) is 5.14. The molecule has 0 unspecified atom stereocenters. The average molecular weight is 277 g/mol. The lowest BCUT2D eigenvalue weighted by molar-refractivity contribution is -0.717. The van der Waals surface area contributed by atoms with E-state index >= 15 is 0 Å². The smallest absolute Gasteiger partial charge is 0.139 e. The lowest BCUT2D eigenvalue weighted by Crippen LogP contribution is -2.94. The second kappa shape index (κ2) is 6.48. The van der Waals surface area contributed by atoms with Gasteiger partial charge in [-0.15, -0.1) is 0 Å². The third kappa shape index (κ3) is 6.16. The van der Waals surface area contributed by atoms with Crippen molar-refractivity contribution in [2.45, 2.75) is 32.7 Å². The fraction of sp³-hybridized carbons (Fsp3) is 0.538. The van der Waals surface area contributed by atoms with E-state index in [4.69, 9.17) is 27.9 Å². The van der Waals surface area contributed by atoms with Gasteiger partial charge in [0.2, 0.25) is 0 Å². The van der Waals surface area contributed by atoms with Gasteiger partial charge in [-0.2, -0.15) is 0 Å². The van der Waals surface area contributed by atoms with E-state index in [0.29, 0.717) is 22.4 Å². The molecule has 0 fully saturated rings. The molecule has 1 aromatic carbocycles. The highest BCUT2D eigenvalue weighted by Gasteiger charge is 2.11. The predicted molar refractivity (Wildman–Crippen MR) is 73.1 cm³/mol. The van der Waals surface area contributed by atoms with Crippen LogP contribution in [0, 0.1) is 0 Å². The summed E-state index contributed by atoms with van der Waals surface area (Å²) >= 11 is 11.9. The van der Waals surface area contributed by atoms with Gasteiger partial charge < -0.3 is 10.1 Å². The number of nitrogens with two attached hydrogens (primary N) is 1. The van der Waals surface area contributed by atoms with Gasteiger partial charge in [-0.3, -0.25) is 0 Å². The predicted octanol–water partition coefficient (Wildman–Crippen LogP) is 3.12. The first-order chi connectivity index (χ1) is 7.88. The SMILES string of the molecule is CC(C)(C)[NH2+]CCCOc1cc(Cl)ccc1Cl. The van der Waals surface area contributed by atoms with E-state index in [9.17, 15) is 0 Å². The molecule has 2 nitrogen and oxygen atoms in total. The average Bonchev–Trinajstić information content (AvgIpc) is 2.21. The molecule has 0 aromatic heterocycles. The Morgan fingerprint density at radius 1 is 1.24 bits per heavy atom. The molecule has 1 rings (SSSR count). The second-order valence-corrected chi connectivity index (χ2v) is 5.98. The van der Waals surface area contributed by atoms with Gasteiger partial charge in [0.15, 0.2) is 0 Å². The summed E-state index contributed by atoms with van der Waals surface area (Å²) in [5, 5.41) is 3.55. The Balaban J connectivity index is 2.29. The summed E-state index contributed by atoms with van der Waals surface area (Å²) in [5.74, 6) is 0.662. The normalized spacial score (nSPS) is 11.6. The fourth-order valence-electron chi connectivity index (χ4n) is 1.39. The van der Waals surface area contributed by atoms with Gasteiger partial charge in [-0.1, -0.05) is 23.2 Å². The highest BCUT2D eigenvalue weighted by atomic mass is 35.5. The van der Waals surface area contributed by atoms with E-state index in [1.54, 1.807) is 18.2 Å². The Hall–Kier alpha value is -0.440. The maximum atomic E-state index is 5.99. The molecule has 0 aliphatic carbocycles. The molecule has 0 heterocycles. The van der Waals surface area contributed by atoms with Crippen molar-refractivity contribution in [1.29, 1.82) is 0 Å². The Morgan fingerprint density at radius 2 is 1.94 bits per heavy atom. The van der Waals surface area contributed by atoms with Crippen molar-refractivity contribution in [1.82, 2.24) is 0 Å². The first kappa shape index (κ1) is 14.6. The van der Waals surface area contributed by atoms with Crippen molar-refractivity contribution in [2.75, 3.05) is 13.2 Å². The number of halogens is 2. The lowest BCUT2D eigenvalue weighted by Gasteiger charge is -2.16. The van der Waals surface area contributed by atoms with Crippen molar-refractivity contribution >= 4 is 23.2 Å². The summed E-state index contributed by atoms with van der Waals surface area (Å²) in [5.41, 5.74) is 0.272. The molecule has 0 saturated heterocycles. The van der Waals surface area contributed by atoms with Crippen LogP contribution in [0.3, 0.4) is 0 Å². The number of hydrogen-bond acceptors (Lipinski definition) is 1. The van der Waals surface area contributed by atoms with Crippen LogP contribution < -0.4 is 10.1 Å². The Morgan fingerprint density at radius 3 is 2.59 bits per heavy atom. The lowest BCUT2D eigenvalue weighted by atomic mass is 10.1. The summed E-state index contributed by atoms with van der Waals surface area (Å²) < 4.78 is 5.60. The number of rotatable bonds is 5. The fourth-order valence-corrected chi connectivity index (χ4v) is 1.72. The molecule has 0 saturated carbocycles. The summed E-state index contributed by atoms with van der Waals surface area (Å²) in [4.78, 5) is 0. The van der Waals surface area contributed by atoms with Crippen molar-refractivity contribution in [2.24, 2.45) is 0 Å². The minimum atomic E-state index is 0.272. The van der Waals surface area contributed by atoms with Crippen LogP contribution in [0.1, 0.15) is 27.2 Å². The highest BCUT2D eigenvalue weighted by Crippen LogP contribution is 2.27. The Kier molecular flexibility index (Phi) is 5.57. The molecule has 0 aliphatic heterocycles. The van der Waals surface area contributed by atoms with Crippen molar-refractivity contribution in [3.63, 3.8) is 0 Å². The largest absolute Gasteiger partial charge is 0.492 e. The quantitative estimate of drug-likeness (QED) is 0.822. The van der Waals surface area contributed by atoms with E-state index in [1.807, 2.05) is 0 Å². The maximum Gasteiger partial charge on any atom is 0.139 e. The van der Waals surface area contributed by atoms with E-state index in [2.05, 4.69) is 26.1 Å². The summed E-state index contributed by atoms with van der Waals surface area (Å²) in [6.07, 6.45) is 0.986. The number of hydrogen-bond donors (Lipinski definition) is 1.